The summed E-state index contributed by atoms with van der Waals surface area (Å²) >= 11 is 12.6. The molecule has 40 heavy (non-hydrogen) atoms. The van der Waals surface area contributed by atoms with E-state index in [1.54, 1.807) is 26.0 Å². The van der Waals surface area contributed by atoms with Gasteiger partial charge in [0.15, 0.2) is 11.5 Å². The third-order valence-electron chi connectivity index (χ3n) is 8.44. The molecule has 0 aliphatic heterocycles. The number of rotatable bonds is 8. The minimum Gasteiger partial charge on any atom is -0.481 e. The Labute approximate surface area is 240 Å². The number of aliphatic carboxylic acids is 1. The third-order valence-corrected chi connectivity index (χ3v) is 9.03. The van der Waals surface area contributed by atoms with E-state index in [4.69, 9.17) is 23.2 Å². The Morgan fingerprint density at radius 1 is 1.10 bits per heavy atom. The van der Waals surface area contributed by atoms with E-state index in [1.807, 2.05) is 6.92 Å². The highest BCUT2D eigenvalue weighted by atomic mass is 35.5. The van der Waals surface area contributed by atoms with Gasteiger partial charge in [-0.05, 0) is 75.5 Å². The van der Waals surface area contributed by atoms with E-state index in [0.717, 1.165) is 40.6 Å². The van der Waals surface area contributed by atoms with Crippen LogP contribution in [0.2, 0.25) is 10.0 Å². The molecule has 12 heteroatoms. The van der Waals surface area contributed by atoms with Crippen molar-refractivity contribution in [2.45, 2.75) is 77.9 Å². The number of aromatic nitrogens is 2. The van der Waals surface area contributed by atoms with Crippen molar-refractivity contribution in [2.75, 3.05) is 13.1 Å². The Bertz CT molecular complexity index is 1310. The number of ketones is 1. The van der Waals surface area contributed by atoms with E-state index in [0.29, 0.717) is 0 Å². The van der Waals surface area contributed by atoms with Gasteiger partial charge in [0, 0.05) is 6.54 Å². The SMILES string of the molecule is Cc1cc(Cl)c(C(=O)CN(CC2(C)CCC2)C(=O)c2cnn([C@H]3CC[C@](C)(C(=O)O)CC3)c2C(F)(F)F)c(Cl)c1. The van der Waals surface area contributed by atoms with Gasteiger partial charge < -0.3 is 10.0 Å². The summed E-state index contributed by atoms with van der Waals surface area (Å²) in [5.41, 5.74) is -2.44. The number of halogens is 5. The molecule has 7 nitrogen and oxygen atoms in total. The van der Waals surface area contributed by atoms with Gasteiger partial charge >= 0.3 is 12.1 Å². The van der Waals surface area contributed by atoms with Gasteiger partial charge in [-0.2, -0.15) is 18.3 Å². The minimum absolute atomic E-state index is 0.0147. The summed E-state index contributed by atoms with van der Waals surface area (Å²) < 4.78 is 44.2. The van der Waals surface area contributed by atoms with Gasteiger partial charge in [0.25, 0.3) is 5.91 Å². The number of aryl methyl sites for hydroxylation is 1. The van der Waals surface area contributed by atoms with Crippen molar-refractivity contribution in [2.24, 2.45) is 10.8 Å². The van der Waals surface area contributed by atoms with Crippen molar-refractivity contribution in [1.82, 2.24) is 14.7 Å². The predicted molar refractivity (Wildman–Crippen MR) is 144 cm³/mol. The van der Waals surface area contributed by atoms with Crippen LogP contribution in [0, 0.1) is 17.8 Å². The fourth-order valence-corrected chi connectivity index (χ4v) is 6.57. The molecule has 0 atom stereocenters. The predicted octanol–water partition coefficient (Wildman–Crippen LogP) is 7.24. The van der Waals surface area contributed by atoms with Gasteiger partial charge in [-0.25, -0.2) is 0 Å². The largest absolute Gasteiger partial charge is 0.481 e. The Kier molecular flexibility index (Phi) is 8.36. The number of Topliss-reactive ketones (excluding diaryl/α,β-unsaturated/α-hetero) is 1. The molecular weight excluding hydrogens is 570 g/mol. The van der Waals surface area contributed by atoms with Gasteiger partial charge in [-0.15, -0.1) is 0 Å². The molecule has 0 spiro atoms. The zero-order valence-corrected chi connectivity index (χ0v) is 24.1. The Morgan fingerprint density at radius 3 is 2.15 bits per heavy atom. The van der Waals surface area contributed by atoms with Crippen LogP contribution in [0.15, 0.2) is 18.3 Å². The molecule has 1 N–H and O–H groups in total. The van der Waals surface area contributed by atoms with Crippen LogP contribution in [-0.2, 0) is 11.0 Å². The van der Waals surface area contributed by atoms with E-state index in [1.165, 1.54) is 0 Å². The van der Waals surface area contributed by atoms with Crippen molar-refractivity contribution in [1.29, 1.82) is 0 Å². The highest BCUT2D eigenvalue weighted by Crippen LogP contribution is 2.44. The van der Waals surface area contributed by atoms with Crippen molar-refractivity contribution >= 4 is 40.9 Å². The summed E-state index contributed by atoms with van der Waals surface area (Å²) in [4.78, 5) is 39.9. The summed E-state index contributed by atoms with van der Waals surface area (Å²) in [5, 5.41) is 13.7. The summed E-state index contributed by atoms with van der Waals surface area (Å²) in [6.45, 7) is 4.85. The number of carbonyl (C=O) groups excluding carboxylic acids is 2. The Morgan fingerprint density at radius 2 is 1.68 bits per heavy atom. The van der Waals surface area contributed by atoms with Crippen LogP contribution in [0.3, 0.4) is 0 Å². The fourth-order valence-electron chi connectivity index (χ4n) is 5.76. The second-order valence-corrected chi connectivity index (χ2v) is 12.6. The topological polar surface area (TPSA) is 92.5 Å². The van der Waals surface area contributed by atoms with E-state index >= 15 is 0 Å². The molecule has 2 aliphatic rings. The van der Waals surface area contributed by atoms with E-state index < -0.39 is 53.1 Å². The molecule has 218 valence electrons. The average molecular weight is 602 g/mol. The Balaban J connectivity index is 1.68. The number of amides is 1. The molecule has 2 aliphatic carbocycles. The summed E-state index contributed by atoms with van der Waals surface area (Å²) in [6, 6.07) is 2.41. The zero-order valence-electron chi connectivity index (χ0n) is 22.6. The lowest BCUT2D eigenvalue weighted by Gasteiger charge is -2.42. The number of carboxylic acids is 1. The quantitative estimate of drug-likeness (QED) is 0.322. The van der Waals surface area contributed by atoms with Gasteiger partial charge in [0.05, 0.1) is 45.4 Å². The van der Waals surface area contributed by atoms with Crippen LogP contribution in [0.4, 0.5) is 13.2 Å². The first-order valence-electron chi connectivity index (χ1n) is 13.2. The molecule has 1 aromatic heterocycles. The number of hydrogen-bond acceptors (Lipinski definition) is 4. The summed E-state index contributed by atoms with van der Waals surface area (Å²) in [7, 11) is 0. The molecule has 4 rings (SSSR count). The van der Waals surface area contributed by atoms with Crippen molar-refractivity contribution < 1.29 is 32.7 Å². The van der Waals surface area contributed by atoms with Crippen molar-refractivity contribution in [3.8, 4) is 0 Å². The maximum absolute atomic E-state index is 14.5. The molecule has 0 unspecified atom stereocenters. The lowest BCUT2D eigenvalue weighted by molar-refractivity contribution is -0.152. The molecule has 1 amide bonds. The molecular formula is C28H32Cl2F3N3O4. The second-order valence-electron chi connectivity index (χ2n) is 11.8. The maximum Gasteiger partial charge on any atom is 0.433 e. The van der Waals surface area contributed by atoms with Crippen LogP contribution in [0.25, 0.3) is 0 Å². The molecule has 0 bridgehead atoms. The molecule has 1 aromatic carbocycles. The first kappa shape index (κ1) is 30.4. The van der Waals surface area contributed by atoms with E-state index in [2.05, 4.69) is 5.10 Å². The van der Waals surface area contributed by atoms with Gasteiger partial charge in [-0.1, -0.05) is 36.5 Å². The van der Waals surface area contributed by atoms with E-state index in [-0.39, 0.29) is 53.3 Å². The number of alkyl halides is 3. The fraction of sp³-hybridized carbons (Fsp3) is 0.571. The number of benzene rings is 1. The molecule has 2 saturated carbocycles. The highest BCUT2D eigenvalue weighted by Gasteiger charge is 2.46. The van der Waals surface area contributed by atoms with Crippen LogP contribution in [0.1, 0.15) is 96.8 Å². The summed E-state index contributed by atoms with van der Waals surface area (Å²) in [5.74, 6) is -2.52. The maximum atomic E-state index is 14.5. The van der Waals surface area contributed by atoms with Crippen LogP contribution >= 0.6 is 23.2 Å². The molecule has 0 radical (unpaired) electrons. The zero-order chi connectivity index (χ0) is 29.6. The molecule has 2 fully saturated rings. The lowest BCUT2D eigenvalue weighted by atomic mass is 9.70. The van der Waals surface area contributed by atoms with E-state index in [9.17, 15) is 32.7 Å². The van der Waals surface area contributed by atoms with Crippen molar-refractivity contribution in [3.05, 3.63) is 50.8 Å². The number of nitrogens with zero attached hydrogens (tertiary/aromatic N) is 3. The molecule has 0 saturated heterocycles. The third kappa shape index (κ3) is 6.03. The van der Waals surface area contributed by atoms with Crippen LogP contribution in [-0.4, -0.2) is 50.5 Å². The van der Waals surface area contributed by atoms with Crippen molar-refractivity contribution in [3.63, 3.8) is 0 Å². The molecule has 2 aromatic rings. The van der Waals surface area contributed by atoms with Gasteiger partial charge in [-0.3, -0.25) is 19.1 Å². The first-order chi connectivity index (χ1) is 18.5. The van der Waals surface area contributed by atoms with Gasteiger partial charge in [0.2, 0.25) is 0 Å². The molecule has 1 heterocycles. The number of hydrogen-bond donors (Lipinski definition) is 1. The smallest absolute Gasteiger partial charge is 0.433 e. The number of carboxylic acid groups (broad SMARTS) is 1. The summed E-state index contributed by atoms with van der Waals surface area (Å²) in [6.07, 6.45) is -0.825. The minimum atomic E-state index is -4.91. The highest BCUT2D eigenvalue weighted by molar-refractivity contribution is 6.40. The normalized spacial score (nSPS) is 22.4. The standard InChI is InChI=1S/C28H32Cl2F3N3O4/c1-16-11-19(29)22(20(30)12-16)21(37)14-35(15-26(2)7-4-8-26)24(38)18-13-34-36(23(18)28(31,32)33)17-5-9-27(3,10-6-17)25(39)40/h11-13,17H,4-10,14-15H2,1-3H3,(H,39,40)/t17-,27-. The average Bonchev–Trinajstić information content (AvgIpc) is 3.28. The van der Waals surface area contributed by atoms with Crippen LogP contribution < -0.4 is 0 Å². The van der Waals surface area contributed by atoms with Crippen LogP contribution in [0.5, 0.6) is 0 Å². The lowest BCUT2D eigenvalue weighted by Crippen LogP contribution is -2.46. The second kappa shape index (κ2) is 11.0. The number of carbonyl (C=O) groups is 3. The van der Waals surface area contributed by atoms with Gasteiger partial charge in [0.1, 0.15) is 0 Å². The Hall–Kier alpha value is -2.59. The first-order valence-corrected chi connectivity index (χ1v) is 14.0. The monoisotopic (exact) mass is 601 g/mol.